The van der Waals surface area contributed by atoms with Crippen molar-refractivity contribution in [1.29, 1.82) is 0 Å². The fourth-order valence-electron chi connectivity index (χ4n) is 4.18. The molecule has 1 aromatic carbocycles. The molecule has 4 rings (SSSR count). The molecule has 5 nitrogen and oxygen atoms in total. The quantitative estimate of drug-likeness (QED) is 0.784. The van der Waals surface area contributed by atoms with Crippen LogP contribution in [0.2, 0.25) is 0 Å². The Labute approximate surface area is 181 Å². The molecular weight excluding hydrogens is 405 g/mol. The molecule has 0 bridgehead atoms. The number of halogens is 4. The second-order valence-electron chi connectivity index (χ2n) is 7.52. The number of urea groups is 1. The third kappa shape index (κ3) is 4.91. The second-order valence-corrected chi connectivity index (χ2v) is 7.52. The van der Waals surface area contributed by atoms with E-state index in [4.69, 9.17) is 5.48 Å². The molecule has 1 aliphatic carbocycles. The third-order valence-electron chi connectivity index (χ3n) is 5.74. The Morgan fingerprint density at radius 3 is 2.55 bits per heavy atom. The maximum absolute atomic E-state index is 13.0. The summed E-state index contributed by atoms with van der Waals surface area (Å²) in [5.41, 5.74) is -0.349. The minimum absolute atomic E-state index is 0. The maximum Gasteiger partial charge on any atom is 0.416 e. The Balaban J connectivity index is 0.00000306. The summed E-state index contributed by atoms with van der Waals surface area (Å²) in [7, 11) is 0. The van der Waals surface area contributed by atoms with Crippen LogP contribution in [0.1, 0.15) is 36.7 Å². The van der Waals surface area contributed by atoms with Gasteiger partial charge in [0.2, 0.25) is 0 Å². The Bertz CT molecular complexity index is 868. The zero-order chi connectivity index (χ0) is 23.3. The molecule has 29 heavy (non-hydrogen) atoms. The van der Waals surface area contributed by atoms with Crippen LogP contribution in [0.5, 0.6) is 0 Å². The number of alkyl halides is 3. The van der Waals surface area contributed by atoms with E-state index in [0.717, 1.165) is 36.3 Å². The van der Waals surface area contributed by atoms with Crippen molar-refractivity contribution in [1.82, 2.24) is 15.1 Å². The molecule has 2 amide bonds. The fourth-order valence-corrected chi connectivity index (χ4v) is 4.18. The van der Waals surface area contributed by atoms with Crippen LogP contribution in [0.4, 0.5) is 23.7 Å². The van der Waals surface area contributed by atoms with Crippen molar-refractivity contribution in [2.75, 3.05) is 44.1 Å². The van der Waals surface area contributed by atoms with Crippen molar-refractivity contribution in [3.63, 3.8) is 0 Å². The molecule has 0 radical (unpaired) electrons. The lowest BCUT2D eigenvalue weighted by atomic mass is 9.91. The van der Waals surface area contributed by atoms with E-state index in [0.29, 0.717) is 12.1 Å². The van der Waals surface area contributed by atoms with E-state index in [1.54, 1.807) is 11.0 Å². The van der Waals surface area contributed by atoms with Crippen LogP contribution in [0.25, 0.3) is 0 Å². The molecule has 1 aromatic rings. The van der Waals surface area contributed by atoms with Crippen molar-refractivity contribution >= 4 is 24.1 Å². The predicted molar refractivity (Wildman–Crippen MR) is 109 cm³/mol. The number of hydrogen-bond acceptors (Lipinski definition) is 3. The fraction of sp³-hybridized carbons (Fsp3) is 0.650. The van der Waals surface area contributed by atoms with Crippen LogP contribution in [0.3, 0.4) is 0 Å². The van der Waals surface area contributed by atoms with E-state index >= 15 is 0 Å². The zero-order valence-corrected chi connectivity index (χ0v) is 16.7. The van der Waals surface area contributed by atoms with Crippen LogP contribution in [-0.4, -0.2) is 67.1 Å². The molecule has 3 fully saturated rings. The average molecular weight is 437 g/mol. The van der Waals surface area contributed by atoms with E-state index in [1.807, 2.05) is 0 Å². The van der Waals surface area contributed by atoms with Crippen molar-refractivity contribution in [2.45, 2.75) is 43.9 Å². The first kappa shape index (κ1) is 17.1. The Hall–Kier alpha value is -1.67. The maximum atomic E-state index is 13.0. The largest absolute Gasteiger partial charge is 0.416 e. The normalized spacial score (nSPS) is 28.4. The summed E-state index contributed by atoms with van der Waals surface area (Å²) >= 11 is 0. The standard InChI is InChI=1S/C20H27F3N4O.ClH/c21-20(22,23)15-4-3-5-16(14-15)26-11-8-25(9-12-26)10-13-27-18-7-2-1-6-17(18)24-19(27)28;/h3-5,14,17-18H,1-2,6-13H2,(H,24,28);1H/i10D2,13D2;. The Morgan fingerprint density at radius 1 is 1.10 bits per heavy atom. The summed E-state index contributed by atoms with van der Waals surface area (Å²) < 4.78 is 73.5. The molecule has 2 saturated heterocycles. The van der Waals surface area contributed by atoms with Gasteiger partial charge in [-0.3, -0.25) is 4.90 Å². The van der Waals surface area contributed by atoms with Crippen molar-refractivity contribution in [2.24, 2.45) is 0 Å². The van der Waals surface area contributed by atoms with E-state index < -0.39 is 30.8 Å². The SMILES string of the molecule is Cl.[2H]C([2H])(N1CCN(c2cccc(C(F)(F)F)c2)CC1)C([2H])([2H])N1C(=O)NC2CCCCC21. The highest BCUT2D eigenvalue weighted by molar-refractivity contribution is 5.85. The molecule has 3 aliphatic rings. The molecule has 1 N–H and O–H groups in total. The van der Waals surface area contributed by atoms with Gasteiger partial charge in [0, 0.05) is 47.6 Å². The van der Waals surface area contributed by atoms with Gasteiger partial charge in [-0.1, -0.05) is 18.9 Å². The smallest absolute Gasteiger partial charge is 0.369 e. The van der Waals surface area contributed by atoms with Crippen LogP contribution < -0.4 is 10.2 Å². The summed E-state index contributed by atoms with van der Waals surface area (Å²) in [6.07, 6.45) is -1.26. The van der Waals surface area contributed by atoms with Gasteiger partial charge in [0.25, 0.3) is 0 Å². The van der Waals surface area contributed by atoms with E-state index in [-0.39, 0.29) is 50.7 Å². The lowest BCUT2D eigenvalue weighted by Gasteiger charge is -2.37. The van der Waals surface area contributed by atoms with E-state index in [2.05, 4.69) is 5.32 Å². The number of fused-ring (bicyclic) bond motifs is 1. The van der Waals surface area contributed by atoms with Gasteiger partial charge in [-0.25, -0.2) is 4.79 Å². The molecule has 2 heterocycles. The number of anilines is 1. The highest BCUT2D eigenvalue weighted by Gasteiger charge is 2.40. The number of amides is 2. The Kier molecular flexibility index (Phi) is 5.29. The second kappa shape index (κ2) is 9.00. The molecule has 162 valence electrons. The number of carbonyl (C=O) groups excluding carboxylic acids is 1. The van der Waals surface area contributed by atoms with Crippen LogP contribution in [0.15, 0.2) is 24.3 Å². The molecule has 1 saturated carbocycles. The zero-order valence-electron chi connectivity index (χ0n) is 19.9. The number of nitrogens with one attached hydrogen (secondary N) is 1. The topological polar surface area (TPSA) is 38.8 Å². The van der Waals surface area contributed by atoms with Crippen LogP contribution in [-0.2, 0) is 6.18 Å². The molecule has 2 unspecified atom stereocenters. The van der Waals surface area contributed by atoms with Gasteiger partial charge < -0.3 is 15.1 Å². The molecule has 2 aliphatic heterocycles. The van der Waals surface area contributed by atoms with Crippen molar-refractivity contribution < 1.29 is 23.4 Å². The highest BCUT2D eigenvalue weighted by Crippen LogP contribution is 2.32. The first-order valence-electron chi connectivity index (χ1n) is 11.7. The molecular formula is C20H28ClF3N4O. The average Bonchev–Trinajstić information content (AvgIpc) is 3.09. The number of benzene rings is 1. The molecule has 0 aromatic heterocycles. The molecule has 9 heteroatoms. The number of nitrogens with zero attached hydrogens (tertiary/aromatic N) is 3. The van der Waals surface area contributed by atoms with Gasteiger partial charge >= 0.3 is 12.2 Å². The number of carbonyl (C=O) groups is 1. The molecule has 0 spiro atoms. The third-order valence-corrected chi connectivity index (χ3v) is 5.74. The summed E-state index contributed by atoms with van der Waals surface area (Å²) in [4.78, 5) is 16.7. The minimum atomic E-state index is -4.45. The van der Waals surface area contributed by atoms with Gasteiger partial charge in [-0.2, -0.15) is 13.2 Å². The summed E-state index contributed by atoms with van der Waals surface area (Å²) in [6, 6.07) is 3.87. The van der Waals surface area contributed by atoms with Gasteiger partial charge in [0.15, 0.2) is 0 Å². The lowest BCUT2D eigenvalue weighted by molar-refractivity contribution is -0.137. The first-order chi connectivity index (χ1) is 14.9. The van der Waals surface area contributed by atoms with Gasteiger partial charge in [-0.15, -0.1) is 12.4 Å². The summed E-state index contributed by atoms with van der Waals surface area (Å²) in [5.74, 6) is 0. The van der Waals surface area contributed by atoms with Gasteiger partial charge in [-0.05, 0) is 31.0 Å². The van der Waals surface area contributed by atoms with Crippen molar-refractivity contribution in [3.8, 4) is 0 Å². The number of hydrogen-bond donors (Lipinski definition) is 1. The number of piperazine rings is 1. The van der Waals surface area contributed by atoms with Crippen LogP contribution in [0, 0.1) is 0 Å². The predicted octanol–water partition coefficient (Wildman–Crippen LogP) is 3.59. The monoisotopic (exact) mass is 436 g/mol. The summed E-state index contributed by atoms with van der Waals surface area (Å²) in [6.45, 7) is -4.30. The molecule has 2 atom stereocenters. The first-order valence-corrected chi connectivity index (χ1v) is 9.70. The van der Waals surface area contributed by atoms with Gasteiger partial charge in [0.05, 0.1) is 20.4 Å². The van der Waals surface area contributed by atoms with Crippen molar-refractivity contribution in [3.05, 3.63) is 29.8 Å². The lowest BCUT2D eigenvalue weighted by Crippen LogP contribution is -2.49. The van der Waals surface area contributed by atoms with E-state index in [1.165, 1.54) is 11.0 Å². The summed E-state index contributed by atoms with van der Waals surface area (Å²) in [5, 5.41) is 2.79. The van der Waals surface area contributed by atoms with Gasteiger partial charge in [0.1, 0.15) is 0 Å². The number of rotatable bonds is 4. The Morgan fingerprint density at radius 2 is 1.83 bits per heavy atom. The highest BCUT2D eigenvalue weighted by atomic mass is 35.5. The van der Waals surface area contributed by atoms with Crippen LogP contribution >= 0.6 is 12.4 Å². The minimum Gasteiger partial charge on any atom is -0.369 e. The van der Waals surface area contributed by atoms with E-state index in [9.17, 15) is 18.0 Å².